The van der Waals surface area contributed by atoms with E-state index in [2.05, 4.69) is 16.0 Å². The van der Waals surface area contributed by atoms with Gasteiger partial charge in [-0.1, -0.05) is 41.5 Å². The molecule has 0 saturated carbocycles. The number of nitrogens with two attached hydrogens (primary N) is 1. The van der Waals surface area contributed by atoms with E-state index >= 15 is 0 Å². The Hall–Kier alpha value is -1.47. The first-order valence-corrected chi connectivity index (χ1v) is 10.1. The van der Waals surface area contributed by atoms with Gasteiger partial charge < -0.3 is 21.7 Å². The maximum absolute atomic E-state index is 12.8. The molecule has 7 nitrogen and oxygen atoms in total. The maximum atomic E-state index is 12.8. The van der Waals surface area contributed by atoms with Crippen LogP contribution in [0.15, 0.2) is 0 Å². The zero-order valence-electron chi connectivity index (χ0n) is 18.1. The lowest BCUT2D eigenvalue weighted by Crippen LogP contribution is -2.56. The molecule has 3 atom stereocenters. The average molecular weight is 385 g/mol. The number of amides is 2. The van der Waals surface area contributed by atoms with Gasteiger partial charge in [0.05, 0.1) is 12.1 Å². The van der Waals surface area contributed by atoms with E-state index in [1.807, 2.05) is 27.7 Å². The van der Waals surface area contributed by atoms with Gasteiger partial charge in [0.1, 0.15) is 6.04 Å². The summed E-state index contributed by atoms with van der Waals surface area (Å²) in [5, 5.41) is 8.86. The van der Waals surface area contributed by atoms with Crippen molar-refractivity contribution in [1.82, 2.24) is 16.0 Å². The van der Waals surface area contributed by atoms with E-state index in [9.17, 15) is 14.4 Å². The summed E-state index contributed by atoms with van der Waals surface area (Å²) in [6.45, 7) is 13.7. The zero-order valence-corrected chi connectivity index (χ0v) is 18.1. The Morgan fingerprint density at radius 2 is 1.44 bits per heavy atom. The molecule has 0 radical (unpaired) electrons. The van der Waals surface area contributed by atoms with Crippen LogP contribution in [-0.4, -0.2) is 48.3 Å². The predicted molar refractivity (Wildman–Crippen MR) is 109 cm³/mol. The van der Waals surface area contributed by atoms with Crippen molar-refractivity contribution in [3.05, 3.63) is 0 Å². The Kier molecular flexibility index (Phi) is 12.1. The Balaban J connectivity index is 5.13. The van der Waals surface area contributed by atoms with Crippen molar-refractivity contribution in [2.75, 3.05) is 6.54 Å². The second kappa shape index (κ2) is 12.8. The van der Waals surface area contributed by atoms with E-state index < -0.39 is 12.1 Å². The highest BCUT2D eigenvalue weighted by molar-refractivity contribution is 5.94. The normalized spacial score (nSPS) is 14.9. The SMILES string of the molecule is CC(C)N[C@H](C(=O)N[C@@H](CCCCN)C(=O)N[C@@H](C)C(=O)C(C)C)C(C)C. The molecule has 0 bridgehead atoms. The van der Waals surface area contributed by atoms with Crippen LogP contribution < -0.4 is 21.7 Å². The summed E-state index contributed by atoms with van der Waals surface area (Å²) in [5.41, 5.74) is 5.55. The quantitative estimate of drug-likeness (QED) is 0.358. The molecular formula is C20H40N4O3. The smallest absolute Gasteiger partial charge is 0.243 e. The van der Waals surface area contributed by atoms with Gasteiger partial charge >= 0.3 is 0 Å². The van der Waals surface area contributed by atoms with Gasteiger partial charge in [0.25, 0.3) is 0 Å². The topological polar surface area (TPSA) is 113 Å². The predicted octanol–water partition coefficient (Wildman–Crippen LogP) is 1.35. The van der Waals surface area contributed by atoms with E-state index in [1.165, 1.54) is 0 Å². The second-order valence-corrected chi connectivity index (χ2v) is 8.18. The number of Topliss-reactive ketones (excluding diaryl/α,β-unsaturated/α-hetero) is 1. The molecule has 0 spiro atoms. The molecule has 0 rings (SSSR count). The first-order valence-electron chi connectivity index (χ1n) is 10.1. The molecular weight excluding hydrogens is 344 g/mol. The first kappa shape index (κ1) is 25.5. The molecule has 0 aromatic heterocycles. The molecule has 27 heavy (non-hydrogen) atoms. The van der Waals surface area contributed by atoms with Crippen LogP contribution in [-0.2, 0) is 14.4 Å². The number of hydrogen-bond acceptors (Lipinski definition) is 5. The van der Waals surface area contributed by atoms with Crippen LogP contribution in [0.5, 0.6) is 0 Å². The van der Waals surface area contributed by atoms with Crippen LogP contribution in [0, 0.1) is 11.8 Å². The molecule has 0 saturated heterocycles. The van der Waals surface area contributed by atoms with Gasteiger partial charge in [-0.25, -0.2) is 0 Å². The van der Waals surface area contributed by atoms with E-state index in [0.717, 1.165) is 12.8 Å². The molecule has 7 heteroatoms. The molecule has 2 amide bonds. The van der Waals surface area contributed by atoms with Crippen LogP contribution in [0.2, 0.25) is 0 Å². The van der Waals surface area contributed by atoms with Crippen LogP contribution in [0.3, 0.4) is 0 Å². The van der Waals surface area contributed by atoms with Crippen LogP contribution >= 0.6 is 0 Å². The average Bonchev–Trinajstić information content (AvgIpc) is 2.57. The van der Waals surface area contributed by atoms with Gasteiger partial charge in [-0.3, -0.25) is 14.4 Å². The fourth-order valence-electron chi connectivity index (χ4n) is 2.84. The Morgan fingerprint density at radius 1 is 0.852 bits per heavy atom. The number of ketones is 1. The minimum atomic E-state index is -0.679. The summed E-state index contributed by atoms with van der Waals surface area (Å²) < 4.78 is 0. The Bertz CT molecular complexity index is 478. The van der Waals surface area contributed by atoms with Gasteiger partial charge in [-0.2, -0.15) is 0 Å². The fourth-order valence-corrected chi connectivity index (χ4v) is 2.84. The van der Waals surface area contributed by atoms with Crippen molar-refractivity contribution in [2.24, 2.45) is 17.6 Å². The van der Waals surface area contributed by atoms with E-state index in [-0.39, 0.29) is 41.5 Å². The fraction of sp³-hybridized carbons (Fsp3) is 0.850. The van der Waals surface area contributed by atoms with Crippen LogP contribution in [0.1, 0.15) is 67.7 Å². The zero-order chi connectivity index (χ0) is 21.1. The Morgan fingerprint density at radius 3 is 1.89 bits per heavy atom. The molecule has 0 aromatic carbocycles. The van der Waals surface area contributed by atoms with E-state index in [0.29, 0.717) is 13.0 Å². The molecule has 0 aromatic rings. The second-order valence-electron chi connectivity index (χ2n) is 8.18. The summed E-state index contributed by atoms with van der Waals surface area (Å²) in [4.78, 5) is 37.5. The molecule has 0 aliphatic heterocycles. The number of nitrogens with one attached hydrogen (secondary N) is 3. The molecule has 0 aliphatic rings. The largest absolute Gasteiger partial charge is 0.345 e. The maximum Gasteiger partial charge on any atom is 0.243 e. The molecule has 0 fully saturated rings. The summed E-state index contributed by atoms with van der Waals surface area (Å²) >= 11 is 0. The monoisotopic (exact) mass is 384 g/mol. The van der Waals surface area contributed by atoms with Gasteiger partial charge in [0.2, 0.25) is 11.8 Å². The molecule has 5 N–H and O–H groups in total. The molecule has 0 unspecified atom stereocenters. The van der Waals surface area contributed by atoms with Crippen LogP contribution in [0.25, 0.3) is 0 Å². The third-order valence-corrected chi connectivity index (χ3v) is 4.40. The first-order chi connectivity index (χ1) is 12.5. The van der Waals surface area contributed by atoms with Crippen molar-refractivity contribution in [1.29, 1.82) is 0 Å². The van der Waals surface area contributed by atoms with Crippen molar-refractivity contribution in [3.63, 3.8) is 0 Å². The molecule has 158 valence electrons. The van der Waals surface area contributed by atoms with E-state index in [1.54, 1.807) is 20.8 Å². The van der Waals surface area contributed by atoms with E-state index in [4.69, 9.17) is 5.73 Å². The third kappa shape index (κ3) is 9.86. The lowest BCUT2D eigenvalue weighted by Gasteiger charge is -2.27. The van der Waals surface area contributed by atoms with Crippen molar-refractivity contribution >= 4 is 17.6 Å². The minimum Gasteiger partial charge on any atom is -0.345 e. The number of carbonyl (C=O) groups excluding carboxylic acids is 3. The van der Waals surface area contributed by atoms with Crippen molar-refractivity contribution in [3.8, 4) is 0 Å². The van der Waals surface area contributed by atoms with Crippen LogP contribution in [0.4, 0.5) is 0 Å². The molecule has 0 heterocycles. The highest BCUT2D eigenvalue weighted by Crippen LogP contribution is 2.08. The lowest BCUT2D eigenvalue weighted by atomic mass is 10.00. The number of hydrogen-bond donors (Lipinski definition) is 4. The minimum absolute atomic E-state index is 0.0306. The van der Waals surface area contributed by atoms with Crippen molar-refractivity contribution in [2.45, 2.75) is 91.9 Å². The van der Waals surface area contributed by atoms with Crippen molar-refractivity contribution < 1.29 is 14.4 Å². The third-order valence-electron chi connectivity index (χ3n) is 4.40. The van der Waals surface area contributed by atoms with Gasteiger partial charge in [0.15, 0.2) is 5.78 Å². The number of unbranched alkanes of at least 4 members (excludes halogenated alkanes) is 1. The van der Waals surface area contributed by atoms with Gasteiger partial charge in [-0.05, 0) is 38.6 Å². The Labute approximate surface area is 164 Å². The summed E-state index contributed by atoms with van der Waals surface area (Å²) in [6.07, 6.45) is 1.99. The van der Waals surface area contributed by atoms with Gasteiger partial charge in [0, 0.05) is 12.0 Å². The lowest BCUT2D eigenvalue weighted by molar-refractivity contribution is -0.133. The summed E-state index contributed by atoms with van der Waals surface area (Å²) in [5.74, 6) is -0.631. The highest BCUT2D eigenvalue weighted by Gasteiger charge is 2.29. The van der Waals surface area contributed by atoms with Gasteiger partial charge in [-0.15, -0.1) is 0 Å². The standard InChI is InChI=1S/C20H40N4O3/c1-12(2)17(22-14(5)6)20(27)24-16(10-8-9-11-21)19(26)23-15(7)18(25)13(3)4/h12-17,22H,8-11,21H2,1-7H3,(H,23,26)(H,24,27)/t15-,16-,17-/m0/s1. The number of carbonyl (C=O) groups is 3. The highest BCUT2D eigenvalue weighted by atomic mass is 16.2. The molecule has 0 aliphatic carbocycles. The number of rotatable bonds is 13. The summed E-state index contributed by atoms with van der Waals surface area (Å²) in [7, 11) is 0. The summed E-state index contributed by atoms with van der Waals surface area (Å²) in [6, 6.07) is -1.50.